The lowest BCUT2D eigenvalue weighted by atomic mass is 10.0. The fraction of sp³-hybridized carbons (Fsp3) is 0.296. The molecule has 0 saturated heterocycles. The van der Waals surface area contributed by atoms with Crippen molar-refractivity contribution in [3.63, 3.8) is 0 Å². The molecule has 36 heavy (non-hydrogen) atoms. The van der Waals surface area contributed by atoms with Crippen molar-refractivity contribution >= 4 is 34.7 Å². The fourth-order valence-corrected chi connectivity index (χ4v) is 4.27. The van der Waals surface area contributed by atoms with Gasteiger partial charge in [-0.05, 0) is 49.9 Å². The second kappa shape index (κ2) is 11.7. The Morgan fingerprint density at radius 2 is 1.69 bits per heavy atom. The standard InChI is InChI=1S/C27H31N3O5S/c1-27(2,3)29-26(33)24(18-10-7-6-8-11-18)30(20-16-19(34-4)13-14-21(20)35-5)23(31)17-28-25(32)22-12-9-15-36-22/h6-16,24H,17H2,1-5H3,(H,28,32)(H,29,33). The Labute approximate surface area is 215 Å². The zero-order chi connectivity index (χ0) is 26.3. The highest BCUT2D eigenvalue weighted by Crippen LogP contribution is 2.38. The number of carbonyl (C=O) groups is 3. The Kier molecular flexibility index (Phi) is 8.71. The maximum absolute atomic E-state index is 13.8. The second-order valence-electron chi connectivity index (χ2n) is 9.01. The van der Waals surface area contributed by atoms with E-state index in [0.717, 1.165) is 0 Å². The molecular formula is C27H31N3O5S. The van der Waals surface area contributed by atoms with E-state index in [2.05, 4.69) is 10.6 Å². The predicted molar refractivity (Wildman–Crippen MR) is 141 cm³/mol. The van der Waals surface area contributed by atoms with E-state index >= 15 is 0 Å². The van der Waals surface area contributed by atoms with Crippen LogP contribution in [0.15, 0.2) is 66.0 Å². The van der Waals surface area contributed by atoms with Crippen LogP contribution in [0.3, 0.4) is 0 Å². The summed E-state index contributed by atoms with van der Waals surface area (Å²) >= 11 is 1.28. The van der Waals surface area contributed by atoms with Crippen molar-refractivity contribution in [3.05, 3.63) is 76.5 Å². The summed E-state index contributed by atoms with van der Waals surface area (Å²) < 4.78 is 11.0. The highest BCUT2D eigenvalue weighted by Gasteiger charge is 2.36. The Balaban J connectivity index is 2.11. The van der Waals surface area contributed by atoms with Crippen molar-refractivity contribution in [1.29, 1.82) is 0 Å². The average molecular weight is 510 g/mol. The first-order chi connectivity index (χ1) is 17.1. The van der Waals surface area contributed by atoms with E-state index in [-0.39, 0.29) is 18.4 Å². The number of ether oxygens (including phenoxy) is 2. The van der Waals surface area contributed by atoms with Gasteiger partial charge in [-0.1, -0.05) is 36.4 Å². The SMILES string of the molecule is COc1ccc(OC)c(N(C(=O)CNC(=O)c2cccs2)C(C(=O)NC(C)(C)C)c2ccccc2)c1. The Bertz CT molecular complexity index is 1190. The molecule has 8 nitrogen and oxygen atoms in total. The number of methoxy groups -OCH3 is 2. The molecule has 9 heteroatoms. The van der Waals surface area contributed by atoms with Crippen LogP contribution >= 0.6 is 11.3 Å². The molecule has 0 aliphatic rings. The summed E-state index contributed by atoms with van der Waals surface area (Å²) in [4.78, 5) is 41.9. The number of nitrogens with one attached hydrogen (secondary N) is 2. The first-order valence-corrected chi connectivity index (χ1v) is 12.3. The minimum atomic E-state index is -1.04. The second-order valence-corrected chi connectivity index (χ2v) is 9.96. The lowest BCUT2D eigenvalue weighted by Crippen LogP contribution is -2.51. The molecular weight excluding hydrogens is 478 g/mol. The van der Waals surface area contributed by atoms with E-state index < -0.39 is 17.5 Å². The topological polar surface area (TPSA) is 97.0 Å². The van der Waals surface area contributed by atoms with Crippen LogP contribution < -0.4 is 25.0 Å². The third-order valence-electron chi connectivity index (χ3n) is 5.18. The molecule has 3 amide bonds. The maximum Gasteiger partial charge on any atom is 0.261 e. The van der Waals surface area contributed by atoms with Gasteiger partial charge in [0.05, 0.1) is 31.3 Å². The summed E-state index contributed by atoms with van der Waals surface area (Å²) in [5.41, 5.74) is 0.386. The molecule has 0 spiro atoms. The van der Waals surface area contributed by atoms with Gasteiger partial charge in [0.25, 0.3) is 5.91 Å². The molecule has 190 valence electrons. The van der Waals surface area contributed by atoms with Crippen LogP contribution in [0.25, 0.3) is 0 Å². The summed E-state index contributed by atoms with van der Waals surface area (Å²) in [6.45, 7) is 5.27. The summed E-state index contributed by atoms with van der Waals surface area (Å²) in [6.07, 6.45) is 0. The first kappa shape index (κ1) is 26.7. The Morgan fingerprint density at radius 1 is 0.972 bits per heavy atom. The number of carbonyl (C=O) groups excluding carboxylic acids is 3. The molecule has 0 aliphatic carbocycles. The normalized spacial score (nSPS) is 11.8. The third kappa shape index (κ3) is 6.63. The summed E-state index contributed by atoms with van der Waals surface area (Å²) in [5.74, 6) is -0.389. The largest absolute Gasteiger partial charge is 0.497 e. The monoisotopic (exact) mass is 509 g/mol. The van der Waals surface area contributed by atoms with Gasteiger partial charge in [0.15, 0.2) is 0 Å². The zero-order valence-corrected chi connectivity index (χ0v) is 21.8. The third-order valence-corrected chi connectivity index (χ3v) is 6.05. The molecule has 1 heterocycles. The van der Waals surface area contributed by atoms with Crippen molar-refractivity contribution in [2.75, 3.05) is 25.7 Å². The number of hydrogen-bond acceptors (Lipinski definition) is 6. The molecule has 0 saturated carbocycles. The number of rotatable bonds is 9. The van der Waals surface area contributed by atoms with Crippen LogP contribution in [-0.4, -0.2) is 44.0 Å². The number of amides is 3. The summed E-state index contributed by atoms with van der Waals surface area (Å²) in [6, 6.07) is 16.4. The molecule has 1 unspecified atom stereocenters. The lowest BCUT2D eigenvalue weighted by molar-refractivity contribution is -0.127. The molecule has 3 rings (SSSR count). The summed E-state index contributed by atoms with van der Waals surface area (Å²) in [5, 5.41) is 7.44. The van der Waals surface area contributed by atoms with Crippen LogP contribution in [0.1, 0.15) is 42.0 Å². The van der Waals surface area contributed by atoms with Gasteiger partial charge in [-0.25, -0.2) is 0 Å². The van der Waals surface area contributed by atoms with Gasteiger partial charge in [0.1, 0.15) is 17.5 Å². The van der Waals surface area contributed by atoms with Crippen LogP contribution in [0, 0.1) is 0 Å². The quantitative estimate of drug-likeness (QED) is 0.451. The number of benzene rings is 2. The van der Waals surface area contributed by atoms with Crippen LogP contribution in [-0.2, 0) is 9.59 Å². The van der Waals surface area contributed by atoms with Crippen LogP contribution in [0.5, 0.6) is 11.5 Å². The van der Waals surface area contributed by atoms with Crippen molar-refractivity contribution in [3.8, 4) is 11.5 Å². The Morgan fingerprint density at radius 3 is 2.28 bits per heavy atom. The van der Waals surface area contributed by atoms with Gasteiger partial charge in [0.2, 0.25) is 11.8 Å². The van der Waals surface area contributed by atoms with Crippen molar-refractivity contribution in [1.82, 2.24) is 10.6 Å². The number of nitrogens with zero attached hydrogens (tertiary/aromatic N) is 1. The molecule has 0 fully saturated rings. The number of hydrogen-bond donors (Lipinski definition) is 2. The minimum absolute atomic E-state index is 0.330. The van der Waals surface area contributed by atoms with Crippen molar-refractivity contribution in [2.45, 2.75) is 32.4 Å². The molecule has 0 radical (unpaired) electrons. The van der Waals surface area contributed by atoms with Gasteiger partial charge in [-0.15, -0.1) is 11.3 Å². The maximum atomic E-state index is 13.8. The van der Waals surface area contributed by atoms with E-state index in [4.69, 9.17) is 9.47 Å². The number of thiophene rings is 1. The summed E-state index contributed by atoms with van der Waals surface area (Å²) in [7, 11) is 3.00. The Hall–Kier alpha value is -3.85. The lowest BCUT2D eigenvalue weighted by Gasteiger charge is -2.34. The van der Waals surface area contributed by atoms with Crippen LogP contribution in [0.4, 0.5) is 5.69 Å². The molecule has 1 aromatic heterocycles. The van der Waals surface area contributed by atoms with E-state index in [9.17, 15) is 14.4 Å². The van der Waals surface area contributed by atoms with Gasteiger partial charge in [-0.2, -0.15) is 0 Å². The highest BCUT2D eigenvalue weighted by atomic mass is 32.1. The minimum Gasteiger partial charge on any atom is -0.497 e. The highest BCUT2D eigenvalue weighted by molar-refractivity contribution is 7.12. The molecule has 2 N–H and O–H groups in total. The molecule has 3 aromatic rings. The van der Waals surface area contributed by atoms with E-state index in [1.165, 1.54) is 30.5 Å². The van der Waals surface area contributed by atoms with Gasteiger partial charge in [-0.3, -0.25) is 19.3 Å². The molecule has 1 atom stereocenters. The van der Waals surface area contributed by atoms with Crippen molar-refractivity contribution < 1.29 is 23.9 Å². The first-order valence-electron chi connectivity index (χ1n) is 11.4. The predicted octanol–water partition coefficient (Wildman–Crippen LogP) is 4.18. The molecule has 0 bridgehead atoms. The number of anilines is 1. The molecule has 2 aromatic carbocycles. The van der Waals surface area contributed by atoms with Gasteiger partial charge in [0, 0.05) is 11.6 Å². The van der Waals surface area contributed by atoms with Gasteiger partial charge >= 0.3 is 0 Å². The van der Waals surface area contributed by atoms with Crippen LogP contribution in [0.2, 0.25) is 0 Å². The fourth-order valence-electron chi connectivity index (χ4n) is 3.63. The zero-order valence-electron chi connectivity index (χ0n) is 21.0. The van der Waals surface area contributed by atoms with Crippen molar-refractivity contribution in [2.24, 2.45) is 0 Å². The smallest absolute Gasteiger partial charge is 0.261 e. The van der Waals surface area contributed by atoms with E-state index in [1.807, 2.05) is 26.8 Å². The average Bonchev–Trinajstić information content (AvgIpc) is 3.40. The molecule has 0 aliphatic heterocycles. The van der Waals surface area contributed by atoms with Gasteiger partial charge < -0.3 is 20.1 Å². The van der Waals surface area contributed by atoms with E-state index in [0.29, 0.717) is 27.6 Å². The van der Waals surface area contributed by atoms with E-state index in [1.54, 1.807) is 60.0 Å².